The van der Waals surface area contributed by atoms with E-state index in [2.05, 4.69) is 10.3 Å². The third-order valence-electron chi connectivity index (χ3n) is 5.75. The van der Waals surface area contributed by atoms with Gasteiger partial charge < -0.3 is 19.5 Å². The maximum atomic E-state index is 13.0. The molecule has 1 atom stereocenters. The van der Waals surface area contributed by atoms with E-state index >= 15 is 0 Å². The number of carbonyl (C=O) groups excluding carboxylic acids is 1. The zero-order chi connectivity index (χ0) is 22.8. The standard InChI is InChI=1S/C25H27N3O4/c1-14-7-6-8-18(9-14)27-25-26-15(2)23-19(28-25)10-16(11-20(23)29)17-12-21(30-3)24(32-5)22(13-17)31-4/h6-9,12-13,16H,10-11H2,1-5H3,(H,26,27,28)/t16-/m0/s1. The monoisotopic (exact) mass is 433 g/mol. The summed E-state index contributed by atoms with van der Waals surface area (Å²) in [5.41, 5.74) is 5.07. The van der Waals surface area contributed by atoms with Crippen LogP contribution in [0.1, 0.15) is 45.2 Å². The maximum absolute atomic E-state index is 13.0. The Bertz CT molecular complexity index is 1150. The first-order valence-electron chi connectivity index (χ1n) is 10.5. The van der Waals surface area contributed by atoms with Crippen molar-refractivity contribution in [3.8, 4) is 17.2 Å². The van der Waals surface area contributed by atoms with Crippen molar-refractivity contribution in [3.63, 3.8) is 0 Å². The molecule has 2 aromatic carbocycles. The largest absolute Gasteiger partial charge is 0.493 e. The van der Waals surface area contributed by atoms with Gasteiger partial charge in [-0.1, -0.05) is 12.1 Å². The highest BCUT2D eigenvalue weighted by molar-refractivity contribution is 5.99. The first-order chi connectivity index (χ1) is 15.4. The molecule has 7 nitrogen and oxygen atoms in total. The van der Waals surface area contributed by atoms with Gasteiger partial charge in [-0.05, 0) is 61.6 Å². The minimum atomic E-state index is -0.0511. The summed E-state index contributed by atoms with van der Waals surface area (Å²) in [5.74, 6) is 2.16. The van der Waals surface area contributed by atoms with E-state index in [1.807, 2.05) is 50.2 Å². The molecule has 32 heavy (non-hydrogen) atoms. The molecule has 0 fully saturated rings. The van der Waals surface area contributed by atoms with Gasteiger partial charge in [-0.25, -0.2) is 9.97 Å². The number of ketones is 1. The number of aromatic nitrogens is 2. The Morgan fingerprint density at radius 3 is 2.28 bits per heavy atom. The number of rotatable bonds is 6. The van der Waals surface area contributed by atoms with Crippen LogP contribution in [-0.2, 0) is 6.42 Å². The number of anilines is 2. The molecule has 0 amide bonds. The lowest BCUT2D eigenvalue weighted by Crippen LogP contribution is -2.23. The average Bonchev–Trinajstić information content (AvgIpc) is 2.77. The molecule has 0 spiro atoms. The maximum Gasteiger partial charge on any atom is 0.227 e. The van der Waals surface area contributed by atoms with Crippen molar-refractivity contribution < 1.29 is 19.0 Å². The molecule has 0 aliphatic heterocycles. The fraction of sp³-hybridized carbons (Fsp3) is 0.320. The Morgan fingerprint density at radius 1 is 0.938 bits per heavy atom. The third-order valence-corrected chi connectivity index (χ3v) is 5.75. The van der Waals surface area contributed by atoms with Crippen LogP contribution in [0.25, 0.3) is 0 Å². The second-order valence-electron chi connectivity index (χ2n) is 7.94. The first kappa shape index (κ1) is 21.6. The minimum Gasteiger partial charge on any atom is -0.493 e. The van der Waals surface area contributed by atoms with Crippen LogP contribution >= 0.6 is 0 Å². The summed E-state index contributed by atoms with van der Waals surface area (Å²) in [4.78, 5) is 22.3. The van der Waals surface area contributed by atoms with Gasteiger partial charge in [-0.15, -0.1) is 0 Å². The predicted molar refractivity (Wildman–Crippen MR) is 123 cm³/mol. The van der Waals surface area contributed by atoms with Crippen LogP contribution in [0.5, 0.6) is 17.2 Å². The van der Waals surface area contributed by atoms with Crippen molar-refractivity contribution >= 4 is 17.4 Å². The van der Waals surface area contributed by atoms with Crippen molar-refractivity contribution in [2.75, 3.05) is 26.6 Å². The zero-order valence-electron chi connectivity index (χ0n) is 19.0. The lowest BCUT2D eigenvalue weighted by atomic mass is 9.81. The van der Waals surface area contributed by atoms with Gasteiger partial charge in [0, 0.05) is 12.1 Å². The summed E-state index contributed by atoms with van der Waals surface area (Å²) in [6, 6.07) is 11.8. The Hall–Kier alpha value is -3.61. The molecule has 1 heterocycles. The lowest BCUT2D eigenvalue weighted by molar-refractivity contribution is 0.0962. The topological polar surface area (TPSA) is 82.6 Å². The third kappa shape index (κ3) is 4.10. The van der Waals surface area contributed by atoms with E-state index < -0.39 is 0 Å². The minimum absolute atomic E-state index is 0.0459. The van der Waals surface area contributed by atoms with E-state index in [4.69, 9.17) is 19.2 Å². The Balaban J connectivity index is 1.69. The second-order valence-corrected chi connectivity index (χ2v) is 7.94. The molecule has 4 rings (SSSR count). The molecule has 0 unspecified atom stereocenters. The van der Waals surface area contributed by atoms with Gasteiger partial charge in [0.05, 0.1) is 38.3 Å². The quantitative estimate of drug-likeness (QED) is 0.599. The highest BCUT2D eigenvalue weighted by atomic mass is 16.5. The Morgan fingerprint density at radius 2 is 1.66 bits per heavy atom. The number of Topliss-reactive ketones (excluding diaryl/α,β-unsaturated/α-hetero) is 1. The molecule has 0 saturated carbocycles. The number of benzene rings is 2. The highest BCUT2D eigenvalue weighted by Crippen LogP contribution is 2.43. The van der Waals surface area contributed by atoms with Crippen LogP contribution in [-0.4, -0.2) is 37.1 Å². The number of nitrogens with zero attached hydrogens (tertiary/aromatic N) is 2. The van der Waals surface area contributed by atoms with Gasteiger partial charge in [0.15, 0.2) is 17.3 Å². The second kappa shape index (κ2) is 8.86. The zero-order valence-corrected chi connectivity index (χ0v) is 19.0. The SMILES string of the molecule is COc1cc([C@@H]2CC(=O)c3c(C)nc(Nc4cccc(C)c4)nc3C2)cc(OC)c1OC. The lowest BCUT2D eigenvalue weighted by Gasteiger charge is -2.26. The van der Waals surface area contributed by atoms with Crippen LogP contribution < -0.4 is 19.5 Å². The number of nitrogens with one attached hydrogen (secondary N) is 1. The van der Waals surface area contributed by atoms with Crippen molar-refractivity contribution in [3.05, 3.63) is 64.5 Å². The van der Waals surface area contributed by atoms with E-state index in [1.165, 1.54) is 0 Å². The van der Waals surface area contributed by atoms with Crippen LogP contribution in [0.2, 0.25) is 0 Å². The molecular weight excluding hydrogens is 406 g/mol. The van der Waals surface area contributed by atoms with Crippen molar-refractivity contribution in [2.45, 2.75) is 32.6 Å². The van der Waals surface area contributed by atoms with Gasteiger partial charge in [-0.3, -0.25) is 4.79 Å². The summed E-state index contributed by atoms with van der Waals surface area (Å²) in [7, 11) is 4.74. The molecule has 0 saturated heterocycles. The molecule has 1 aliphatic rings. The van der Waals surface area contributed by atoms with E-state index in [9.17, 15) is 4.79 Å². The number of hydrogen-bond acceptors (Lipinski definition) is 7. The van der Waals surface area contributed by atoms with Gasteiger partial charge >= 0.3 is 0 Å². The van der Waals surface area contributed by atoms with Crippen molar-refractivity contribution in [2.24, 2.45) is 0 Å². The summed E-state index contributed by atoms with van der Waals surface area (Å²) in [6.07, 6.45) is 0.992. The average molecular weight is 434 g/mol. The van der Waals surface area contributed by atoms with Gasteiger partial charge in [0.2, 0.25) is 11.7 Å². The number of carbonyl (C=O) groups is 1. The molecule has 1 aliphatic carbocycles. The van der Waals surface area contributed by atoms with Crippen molar-refractivity contribution in [1.82, 2.24) is 9.97 Å². The highest BCUT2D eigenvalue weighted by Gasteiger charge is 2.31. The van der Waals surface area contributed by atoms with Crippen LogP contribution in [0, 0.1) is 13.8 Å². The van der Waals surface area contributed by atoms with Gasteiger partial charge in [0.1, 0.15) is 0 Å². The smallest absolute Gasteiger partial charge is 0.227 e. The molecule has 3 aromatic rings. The first-order valence-corrected chi connectivity index (χ1v) is 10.5. The Labute approximate surface area is 187 Å². The van der Waals surface area contributed by atoms with E-state index in [1.54, 1.807) is 21.3 Å². The number of aryl methyl sites for hydroxylation is 2. The fourth-order valence-electron chi connectivity index (χ4n) is 4.25. The molecule has 7 heteroatoms. The molecule has 166 valence electrons. The summed E-state index contributed by atoms with van der Waals surface area (Å²) >= 11 is 0. The molecule has 0 radical (unpaired) electrons. The van der Waals surface area contributed by atoms with Gasteiger partial charge in [-0.2, -0.15) is 0 Å². The van der Waals surface area contributed by atoms with Gasteiger partial charge in [0.25, 0.3) is 0 Å². The predicted octanol–water partition coefficient (Wildman–Crippen LogP) is 4.78. The number of hydrogen-bond donors (Lipinski definition) is 1. The Kier molecular flexibility index (Phi) is 5.99. The van der Waals surface area contributed by atoms with E-state index in [0.717, 1.165) is 22.5 Å². The van der Waals surface area contributed by atoms with E-state index in [-0.39, 0.29) is 11.7 Å². The fourth-order valence-corrected chi connectivity index (χ4v) is 4.25. The number of fused-ring (bicyclic) bond motifs is 1. The molecular formula is C25H27N3O4. The van der Waals surface area contributed by atoms with Crippen LogP contribution in [0.4, 0.5) is 11.6 Å². The molecule has 0 bridgehead atoms. The van der Waals surface area contributed by atoms with Crippen LogP contribution in [0.3, 0.4) is 0 Å². The summed E-state index contributed by atoms with van der Waals surface area (Å²) in [6.45, 7) is 3.89. The van der Waals surface area contributed by atoms with Crippen LogP contribution in [0.15, 0.2) is 36.4 Å². The van der Waals surface area contributed by atoms with Crippen molar-refractivity contribution in [1.29, 1.82) is 0 Å². The number of methoxy groups -OCH3 is 3. The summed E-state index contributed by atoms with van der Waals surface area (Å²) < 4.78 is 16.4. The number of ether oxygens (including phenoxy) is 3. The summed E-state index contributed by atoms with van der Waals surface area (Å²) in [5, 5.41) is 3.27. The normalized spacial score (nSPS) is 15.2. The molecule has 1 N–H and O–H groups in total. The molecule has 1 aromatic heterocycles. The van der Waals surface area contributed by atoms with E-state index in [0.29, 0.717) is 47.3 Å².